The van der Waals surface area contributed by atoms with Crippen molar-refractivity contribution in [2.75, 3.05) is 6.54 Å². The maximum atomic E-state index is 4.29. The predicted molar refractivity (Wildman–Crippen MR) is 79.4 cm³/mol. The van der Waals surface area contributed by atoms with Gasteiger partial charge in [0.2, 0.25) is 0 Å². The number of hydrogen-bond donors (Lipinski definition) is 1. The first-order chi connectivity index (χ1) is 8.46. The average molecular weight is 281 g/mol. The van der Waals surface area contributed by atoms with Crippen molar-refractivity contribution in [2.24, 2.45) is 0 Å². The van der Waals surface area contributed by atoms with Crippen molar-refractivity contribution >= 4 is 22.7 Å². The zero-order valence-electron chi connectivity index (χ0n) is 11.3. The Morgan fingerprint density at radius 3 is 2.67 bits per heavy atom. The van der Waals surface area contributed by atoms with Gasteiger partial charge in [-0.1, -0.05) is 11.3 Å². The van der Waals surface area contributed by atoms with Gasteiger partial charge < -0.3 is 5.32 Å². The maximum Gasteiger partial charge on any atom is 0.158 e. The van der Waals surface area contributed by atoms with Crippen molar-refractivity contribution in [1.29, 1.82) is 0 Å². The van der Waals surface area contributed by atoms with Crippen LogP contribution in [0, 0.1) is 6.92 Å². The minimum absolute atomic E-state index is 0.165. The van der Waals surface area contributed by atoms with Crippen LogP contribution >= 0.6 is 22.7 Å². The molecular weight excluding hydrogens is 262 g/mol. The largest absolute Gasteiger partial charge is 0.312 e. The Bertz CT molecular complexity index is 508. The van der Waals surface area contributed by atoms with Crippen molar-refractivity contribution in [2.45, 2.75) is 39.7 Å². The fourth-order valence-electron chi connectivity index (χ4n) is 1.58. The van der Waals surface area contributed by atoms with Crippen molar-refractivity contribution in [1.82, 2.24) is 15.5 Å². The van der Waals surface area contributed by atoms with E-state index in [-0.39, 0.29) is 5.54 Å². The molecule has 2 rings (SSSR count). The van der Waals surface area contributed by atoms with E-state index in [1.54, 1.807) is 22.7 Å². The van der Waals surface area contributed by atoms with E-state index in [0.717, 1.165) is 23.0 Å². The van der Waals surface area contributed by atoms with Crippen molar-refractivity contribution in [3.05, 3.63) is 22.0 Å². The minimum Gasteiger partial charge on any atom is -0.312 e. The monoisotopic (exact) mass is 281 g/mol. The molecule has 2 aromatic rings. The highest BCUT2D eigenvalue weighted by atomic mass is 32.1. The van der Waals surface area contributed by atoms with Crippen LogP contribution in [0.2, 0.25) is 0 Å². The van der Waals surface area contributed by atoms with E-state index < -0.39 is 0 Å². The van der Waals surface area contributed by atoms with Gasteiger partial charge in [-0.2, -0.15) is 0 Å². The lowest BCUT2D eigenvalue weighted by molar-refractivity contribution is 0.429. The molecule has 3 nitrogen and oxygen atoms in total. The van der Waals surface area contributed by atoms with Gasteiger partial charge in [-0.15, -0.1) is 21.5 Å². The highest BCUT2D eigenvalue weighted by molar-refractivity contribution is 7.20. The lowest BCUT2D eigenvalue weighted by atomic mass is 10.1. The summed E-state index contributed by atoms with van der Waals surface area (Å²) in [5.41, 5.74) is 1.45. The lowest BCUT2D eigenvalue weighted by Crippen LogP contribution is -2.37. The van der Waals surface area contributed by atoms with Gasteiger partial charge in [-0.05, 0) is 44.7 Å². The van der Waals surface area contributed by atoms with E-state index in [2.05, 4.69) is 54.7 Å². The van der Waals surface area contributed by atoms with E-state index in [1.807, 2.05) is 0 Å². The van der Waals surface area contributed by atoms with Crippen LogP contribution < -0.4 is 5.32 Å². The second-order valence-corrected chi connectivity index (χ2v) is 7.34. The number of thiophene rings is 1. The fraction of sp³-hybridized carbons (Fsp3) is 0.538. The average Bonchev–Trinajstić information content (AvgIpc) is 2.84. The van der Waals surface area contributed by atoms with E-state index in [9.17, 15) is 0 Å². The summed E-state index contributed by atoms with van der Waals surface area (Å²) in [5, 5.41) is 16.3. The van der Waals surface area contributed by atoms with Gasteiger partial charge in [0.1, 0.15) is 5.01 Å². The summed E-state index contributed by atoms with van der Waals surface area (Å²) in [5.74, 6) is 0. The van der Waals surface area contributed by atoms with Crippen LogP contribution in [0.1, 0.15) is 31.3 Å². The molecule has 0 unspecified atom stereocenters. The summed E-state index contributed by atoms with van der Waals surface area (Å²) in [6.07, 6.45) is 0.944. The zero-order chi connectivity index (χ0) is 13.2. The van der Waals surface area contributed by atoms with Gasteiger partial charge >= 0.3 is 0 Å². The summed E-state index contributed by atoms with van der Waals surface area (Å²) in [6.45, 7) is 9.59. The molecule has 0 aliphatic rings. The van der Waals surface area contributed by atoms with Gasteiger partial charge in [0.25, 0.3) is 0 Å². The van der Waals surface area contributed by atoms with E-state index in [0.29, 0.717) is 0 Å². The normalized spacial score (nSPS) is 12.0. The Labute approximate surface area is 116 Å². The van der Waals surface area contributed by atoms with Crippen LogP contribution in [-0.4, -0.2) is 22.3 Å². The smallest absolute Gasteiger partial charge is 0.158 e. The van der Waals surface area contributed by atoms with E-state index in [4.69, 9.17) is 0 Å². The van der Waals surface area contributed by atoms with Crippen molar-refractivity contribution in [3.8, 4) is 9.88 Å². The summed E-state index contributed by atoms with van der Waals surface area (Å²) >= 11 is 3.44. The third-order valence-corrected chi connectivity index (χ3v) is 4.67. The van der Waals surface area contributed by atoms with Crippen LogP contribution in [0.15, 0.2) is 11.4 Å². The standard InChI is InChI=1S/C13H19N3S2/c1-9-6-8-17-11(9)12-16-15-10(18-12)5-7-14-13(2,3)4/h6,8,14H,5,7H2,1-4H3. The number of hydrogen-bond acceptors (Lipinski definition) is 5. The molecular formula is C13H19N3S2. The molecule has 0 saturated heterocycles. The molecule has 0 atom stereocenters. The lowest BCUT2D eigenvalue weighted by Gasteiger charge is -2.19. The summed E-state index contributed by atoms with van der Waals surface area (Å²) in [7, 11) is 0. The Hall–Kier alpha value is -0.780. The fourth-order valence-corrected chi connectivity index (χ4v) is 3.50. The molecule has 0 amide bonds. The highest BCUT2D eigenvalue weighted by Crippen LogP contribution is 2.31. The van der Waals surface area contributed by atoms with Gasteiger partial charge in [0.05, 0.1) is 4.88 Å². The molecule has 0 bridgehead atoms. The van der Waals surface area contributed by atoms with Crippen LogP contribution in [0.25, 0.3) is 9.88 Å². The first-order valence-corrected chi connectivity index (χ1v) is 7.77. The number of rotatable bonds is 4. The second-order valence-electron chi connectivity index (χ2n) is 5.36. The first kappa shape index (κ1) is 13.6. The molecule has 18 heavy (non-hydrogen) atoms. The maximum absolute atomic E-state index is 4.29. The quantitative estimate of drug-likeness (QED) is 0.932. The Kier molecular flexibility index (Phi) is 4.14. The SMILES string of the molecule is Cc1ccsc1-c1nnc(CCNC(C)(C)C)s1. The molecule has 0 saturated carbocycles. The van der Waals surface area contributed by atoms with Gasteiger partial charge in [-0.25, -0.2) is 0 Å². The Morgan fingerprint density at radius 1 is 1.28 bits per heavy atom. The number of nitrogens with one attached hydrogen (secondary N) is 1. The van der Waals surface area contributed by atoms with Gasteiger partial charge in [0, 0.05) is 18.5 Å². The zero-order valence-corrected chi connectivity index (χ0v) is 12.9. The second kappa shape index (κ2) is 5.47. The number of nitrogens with zero attached hydrogens (tertiary/aromatic N) is 2. The minimum atomic E-state index is 0.165. The molecule has 0 fully saturated rings. The van der Waals surface area contributed by atoms with Crippen LogP contribution in [0.3, 0.4) is 0 Å². The van der Waals surface area contributed by atoms with Crippen molar-refractivity contribution in [3.63, 3.8) is 0 Å². The van der Waals surface area contributed by atoms with E-state index in [1.165, 1.54) is 10.4 Å². The molecule has 0 aromatic carbocycles. The Morgan fingerprint density at radius 2 is 2.06 bits per heavy atom. The van der Waals surface area contributed by atoms with Crippen LogP contribution in [-0.2, 0) is 6.42 Å². The summed E-state index contributed by atoms with van der Waals surface area (Å²) in [6, 6.07) is 2.13. The molecule has 0 radical (unpaired) electrons. The molecule has 0 aliphatic carbocycles. The molecule has 2 heterocycles. The molecule has 1 N–H and O–H groups in total. The number of aryl methyl sites for hydroxylation is 1. The number of aromatic nitrogens is 2. The third kappa shape index (κ3) is 3.60. The molecule has 2 aromatic heterocycles. The predicted octanol–water partition coefficient (Wildman–Crippen LogP) is 3.51. The Balaban J connectivity index is 1.97. The van der Waals surface area contributed by atoms with E-state index >= 15 is 0 Å². The van der Waals surface area contributed by atoms with Crippen molar-refractivity contribution < 1.29 is 0 Å². The van der Waals surface area contributed by atoms with Crippen LogP contribution in [0.5, 0.6) is 0 Å². The van der Waals surface area contributed by atoms with Gasteiger partial charge in [-0.3, -0.25) is 0 Å². The third-order valence-electron chi connectivity index (χ3n) is 2.52. The summed E-state index contributed by atoms with van der Waals surface area (Å²) in [4.78, 5) is 1.25. The van der Waals surface area contributed by atoms with Crippen LogP contribution in [0.4, 0.5) is 0 Å². The molecule has 5 heteroatoms. The highest BCUT2D eigenvalue weighted by Gasteiger charge is 2.12. The summed E-state index contributed by atoms with van der Waals surface area (Å²) < 4.78 is 0. The molecule has 0 spiro atoms. The molecule has 0 aliphatic heterocycles. The van der Waals surface area contributed by atoms with Gasteiger partial charge in [0.15, 0.2) is 5.01 Å². The first-order valence-electron chi connectivity index (χ1n) is 6.07. The molecule has 98 valence electrons. The topological polar surface area (TPSA) is 37.8 Å².